The molecule has 2 heterocycles. The Balaban J connectivity index is 2.00. The van der Waals surface area contributed by atoms with Gasteiger partial charge in [-0.2, -0.15) is 4.98 Å². The van der Waals surface area contributed by atoms with Crippen LogP contribution in [0.2, 0.25) is 0 Å². The molecular weight excluding hydrogens is 230 g/mol. The smallest absolute Gasteiger partial charge is 0.215 e. The molecule has 0 bridgehead atoms. The summed E-state index contributed by atoms with van der Waals surface area (Å²) in [7, 11) is 1.60. The van der Waals surface area contributed by atoms with Crippen molar-refractivity contribution in [2.45, 2.75) is 19.8 Å². The summed E-state index contributed by atoms with van der Waals surface area (Å²) >= 11 is 0. The summed E-state index contributed by atoms with van der Waals surface area (Å²) in [6.45, 7) is 4.78. The average Bonchev–Trinajstić information content (AvgIpc) is 2.39. The van der Waals surface area contributed by atoms with Gasteiger partial charge in [0.2, 0.25) is 5.88 Å². The summed E-state index contributed by atoms with van der Waals surface area (Å²) in [5.41, 5.74) is 6.79. The van der Waals surface area contributed by atoms with E-state index in [-0.39, 0.29) is 5.41 Å². The minimum absolute atomic E-state index is 0.245. The highest BCUT2D eigenvalue weighted by molar-refractivity contribution is 5.62. The molecule has 5 heteroatoms. The first-order chi connectivity index (χ1) is 8.63. The van der Waals surface area contributed by atoms with Gasteiger partial charge in [-0.05, 0) is 24.3 Å². The SMILES string of the molecule is COc1ccc(N)c(NCC2(C)CCOCC2)n1. The second kappa shape index (κ2) is 5.44. The fourth-order valence-corrected chi connectivity index (χ4v) is 2.05. The number of hydrogen-bond donors (Lipinski definition) is 2. The largest absolute Gasteiger partial charge is 0.481 e. The van der Waals surface area contributed by atoms with Crippen LogP contribution < -0.4 is 15.8 Å². The van der Waals surface area contributed by atoms with E-state index in [2.05, 4.69) is 17.2 Å². The Morgan fingerprint density at radius 3 is 2.83 bits per heavy atom. The molecule has 1 aliphatic rings. The maximum atomic E-state index is 5.90. The number of nitrogen functional groups attached to an aromatic ring is 1. The molecule has 1 saturated heterocycles. The fourth-order valence-electron chi connectivity index (χ4n) is 2.05. The van der Waals surface area contributed by atoms with Crippen molar-refractivity contribution in [2.24, 2.45) is 5.41 Å². The molecule has 2 rings (SSSR count). The topological polar surface area (TPSA) is 69.4 Å². The highest BCUT2D eigenvalue weighted by Crippen LogP contribution is 2.30. The zero-order chi connectivity index (χ0) is 13.0. The number of ether oxygens (including phenoxy) is 2. The molecule has 5 nitrogen and oxygen atoms in total. The zero-order valence-electron chi connectivity index (χ0n) is 11.0. The van der Waals surface area contributed by atoms with Gasteiger partial charge in [0, 0.05) is 25.8 Å². The van der Waals surface area contributed by atoms with Crippen molar-refractivity contribution < 1.29 is 9.47 Å². The Labute approximate surface area is 108 Å². The molecule has 0 aromatic carbocycles. The van der Waals surface area contributed by atoms with Crippen molar-refractivity contribution in [1.82, 2.24) is 4.98 Å². The van der Waals surface area contributed by atoms with Crippen molar-refractivity contribution in [3.05, 3.63) is 12.1 Å². The number of methoxy groups -OCH3 is 1. The van der Waals surface area contributed by atoms with Crippen LogP contribution in [0.5, 0.6) is 5.88 Å². The molecule has 0 aliphatic carbocycles. The third-order valence-corrected chi connectivity index (χ3v) is 3.49. The summed E-state index contributed by atoms with van der Waals surface area (Å²) in [4.78, 5) is 4.32. The Kier molecular flexibility index (Phi) is 3.91. The van der Waals surface area contributed by atoms with Crippen molar-refractivity contribution >= 4 is 11.5 Å². The first-order valence-corrected chi connectivity index (χ1v) is 6.25. The molecular formula is C13H21N3O2. The Hall–Kier alpha value is -1.49. The lowest BCUT2D eigenvalue weighted by Crippen LogP contribution is -2.33. The van der Waals surface area contributed by atoms with Gasteiger partial charge in [0.05, 0.1) is 12.8 Å². The van der Waals surface area contributed by atoms with Crippen LogP contribution in [0.3, 0.4) is 0 Å². The first kappa shape index (κ1) is 13.0. The van der Waals surface area contributed by atoms with Crippen LogP contribution in [0.25, 0.3) is 0 Å². The number of nitrogens with zero attached hydrogens (tertiary/aromatic N) is 1. The predicted molar refractivity (Wildman–Crippen MR) is 71.9 cm³/mol. The Morgan fingerprint density at radius 1 is 1.44 bits per heavy atom. The van der Waals surface area contributed by atoms with Crippen molar-refractivity contribution in [1.29, 1.82) is 0 Å². The fraction of sp³-hybridized carbons (Fsp3) is 0.615. The monoisotopic (exact) mass is 251 g/mol. The number of rotatable bonds is 4. The number of nitrogens with two attached hydrogens (primary N) is 1. The van der Waals surface area contributed by atoms with Crippen LogP contribution in [-0.2, 0) is 4.74 Å². The van der Waals surface area contributed by atoms with Crippen molar-refractivity contribution in [2.75, 3.05) is 37.9 Å². The van der Waals surface area contributed by atoms with Crippen LogP contribution in [0.4, 0.5) is 11.5 Å². The molecule has 0 amide bonds. The summed E-state index contributed by atoms with van der Waals surface area (Å²) in [6, 6.07) is 3.57. The summed E-state index contributed by atoms with van der Waals surface area (Å²) in [5.74, 6) is 1.27. The van der Waals surface area contributed by atoms with E-state index >= 15 is 0 Å². The highest BCUT2D eigenvalue weighted by atomic mass is 16.5. The minimum Gasteiger partial charge on any atom is -0.481 e. The van der Waals surface area contributed by atoms with E-state index in [0.717, 1.165) is 32.6 Å². The Bertz CT molecular complexity index is 403. The van der Waals surface area contributed by atoms with Crippen LogP contribution in [0.15, 0.2) is 12.1 Å². The molecule has 1 fully saturated rings. The van der Waals surface area contributed by atoms with E-state index in [1.165, 1.54) is 0 Å². The van der Waals surface area contributed by atoms with E-state index in [9.17, 15) is 0 Å². The van der Waals surface area contributed by atoms with Crippen molar-refractivity contribution in [3.8, 4) is 5.88 Å². The van der Waals surface area contributed by atoms with Crippen LogP contribution >= 0.6 is 0 Å². The van der Waals surface area contributed by atoms with Gasteiger partial charge < -0.3 is 20.5 Å². The highest BCUT2D eigenvalue weighted by Gasteiger charge is 2.27. The predicted octanol–water partition coefficient (Wildman–Crippen LogP) is 1.90. The average molecular weight is 251 g/mol. The van der Waals surface area contributed by atoms with Gasteiger partial charge in [0.15, 0.2) is 5.82 Å². The molecule has 3 N–H and O–H groups in total. The quantitative estimate of drug-likeness (QED) is 0.855. The van der Waals surface area contributed by atoms with E-state index < -0.39 is 0 Å². The molecule has 1 aromatic rings. The van der Waals surface area contributed by atoms with Gasteiger partial charge in [-0.3, -0.25) is 0 Å². The summed E-state index contributed by atoms with van der Waals surface area (Å²) in [6.07, 6.45) is 2.12. The van der Waals surface area contributed by atoms with E-state index in [0.29, 0.717) is 17.4 Å². The van der Waals surface area contributed by atoms with Crippen LogP contribution in [-0.4, -0.2) is 31.9 Å². The molecule has 18 heavy (non-hydrogen) atoms. The molecule has 100 valence electrons. The maximum Gasteiger partial charge on any atom is 0.215 e. The molecule has 0 atom stereocenters. The lowest BCUT2D eigenvalue weighted by atomic mass is 9.82. The molecule has 1 aliphatic heterocycles. The number of hydrogen-bond acceptors (Lipinski definition) is 5. The van der Waals surface area contributed by atoms with Gasteiger partial charge in [-0.25, -0.2) is 0 Å². The zero-order valence-corrected chi connectivity index (χ0v) is 11.0. The molecule has 0 radical (unpaired) electrons. The third kappa shape index (κ3) is 3.04. The lowest BCUT2D eigenvalue weighted by Gasteiger charge is -2.33. The number of aromatic nitrogens is 1. The molecule has 1 aromatic heterocycles. The van der Waals surface area contributed by atoms with Crippen LogP contribution in [0.1, 0.15) is 19.8 Å². The summed E-state index contributed by atoms with van der Waals surface area (Å²) in [5, 5.41) is 3.33. The standard InChI is InChI=1S/C13H21N3O2/c1-13(5-7-18-8-6-13)9-15-12-10(14)3-4-11(16-12)17-2/h3-4H,5-9,14H2,1-2H3,(H,15,16). The third-order valence-electron chi connectivity index (χ3n) is 3.49. The minimum atomic E-state index is 0.245. The van der Waals surface area contributed by atoms with E-state index in [4.69, 9.17) is 15.2 Å². The number of nitrogens with one attached hydrogen (secondary N) is 1. The Morgan fingerprint density at radius 2 is 2.17 bits per heavy atom. The normalized spacial score (nSPS) is 18.3. The molecule has 0 unspecified atom stereocenters. The van der Waals surface area contributed by atoms with Gasteiger partial charge in [0.1, 0.15) is 0 Å². The number of anilines is 2. The molecule has 0 saturated carbocycles. The summed E-state index contributed by atoms with van der Waals surface area (Å²) < 4.78 is 10.5. The van der Waals surface area contributed by atoms with Gasteiger partial charge in [-0.1, -0.05) is 6.92 Å². The van der Waals surface area contributed by atoms with Gasteiger partial charge in [0.25, 0.3) is 0 Å². The lowest BCUT2D eigenvalue weighted by molar-refractivity contribution is 0.0300. The van der Waals surface area contributed by atoms with Gasteiger partial charge in [-0.15, -0.1) is 0 Å². The van der Waals surface area contributed by atoms with E-state index in [1.54, 1.807) is 19.2 Å². The second-order valence-corrected chi connectivity index (χ2v) is 5.07. The van der Waals surface area contributed by atoms with Crippen LogP contribution in [0, 0.1) is 5.41 Å². The number of pyridine rings is 1. The second-order valence-electron chi connectivity index (χ2n) is 5.07. The maximum absolute atomic E-state index is 5.90. The van der Waals surface area contributed by atoms with Crippen molar-refractivity contribution in [3.63, 3.8) is 0 Å². The molecule has 0 spiro atoms. The van der Waals surface area contributed by atoms with E-state index in [1.807, 2.05) is 0 Å². The first-order valence-electron chi connectivity index (χ1n) is 6.25. The van der Waals surface area contributed by atoms with Gasteiger partial charge >= 0.3 is 0 Å².